The number of thioether (sulfide) groups is 1. The fraction of sp³-hybridized carbons (Fsp3) is 0.636. The maximum atomic E-state index is 6.22. The maximum absolute atomic E-state index is 6.22. The second-order valence-corrected chi connectivity index (χ2v) is 5.21. The molecule has 0 saturated carbocycles. The molecule has 0 spiro atoms. The van der Waals surface area contributed by atoms with E-state index in [1.165, 1.54) is 0 Å². The van der Waals surface area contributed by atoms with Crippen molar-refractivity contribution in [2.45, 2.75) is 30.3 Å². The minimum Gasteiger partial charge on any atom is -0.353 e. The van der Waals surface area contributed by atoms with Gasteiger partial charge in [0, 0.05) is 19.2 Å². The number of aromatic nitrogens is 2. The molecular formula is C11H18N4S. The first-order valence-corrected chi connectivity index (χ1v) is 6.79. The molecule has 1 aromatic heterocycles. The molecule has 2 rings (SSSR count). The van der Waals surface area contributed by atoms with E-state index >= 15 is 0 Å². The summed E-state index contributed by atoms with van der Waals surface area (Å²) in [6.45, 7) is 3.99. The maximum Gasteiger partial charge on any atom is 0.133 e. The zero-order valence-corrected chi connectivity index (χ0v) is 10.6. The van der Waals surface area contributed by atoms with Crippen LogP contribution >= 0.6 is 11.8 Å². The predicted octanol–water partition coefficient (Wildman–Crippen LogP) is 1.52. The van der Waals surface area contributed by atoms with Gasteiger partial charge in [-0.05, 0) is 12.7 Å². The van der Waals surface area contributed by atoms with Gasteiger partial charge in [-0.25, -0.2) is 9.97 Å². The van der Waals surface area contributed by atoms with E-state index in [2.05, 4.69) is 21.8 Å². The Hall–Kier alpha value is -0.810. The van der Waals surface area contributed by atoms with Gasteiger partial charge in [0.25, 0.3) is 0 Å². The van der Waals surface area contributed by atoms with Gasteiger partial charge < -0.3 is 10.6 Å². The topological polar surface area (TPSA) is 55.0 Å². The Morgan fingerprint density at radius 2 is 2.25 bits per heavy atom. The lowest BCUT2D eigenvalue weighted by Gasteiger charge is -2.48. The summed E-state index contributed by atoms with van der Waals surface area (Å²) in [5.41, 5.74) is 6.22. The predicted molar refractivity (Wildman–Crippen MR) is 67.9 cm³/mol. The van der Waals surface area contributed by atoms with Crippen LogP contribution < -0.4 is 10.6 Å². The number of hydrogen-bond acceptors (Lipinski definition) is 5. The van der Waals surface area contributed by atoms with Crippen molar-refractivity contribution in [2.75, 3.05) is 24.2 Å². The highest BCUT2D eigenvalue weighted by Gasteiger charge is 2.39. The standard InChI is InChI=1S/C11H18N4S/c1-3-4-11(12)6-15(7-11)9-5-10(16-2)14-8-13-9/h5,8H,3-4,6-7,12H2,1-2H3. The number of rotatable bonds is 4. The fourth-order valence-corrected chi connectivity index (χ4v) is 2.52. The molecular weight excluding hydrogens is 220 g/mol. The zero-order valence-electron chi connectivity index (χ0n) is 9.81. The van der Waals surface area contributed by atoms with Crippen molar-refractivity contribution in [1.29, 1.82) is 0 Å². The highest BCUT2D eigenvalue weighted by Crippen LogP contribution is 2.28. The van der Waals surface area contributed by atoms with Gasteiger partial charge >= 0.3 is 0 Å². The van der Waals surface area contributed by atoms with Crippen molar-refractivity contribution in [3.8, 4) is 0 Å². The van der Waals surface area contributed by atoms with Crippen LogP contribution in [-0.4, -0.2) is 34.9 Å². The van der Waals surface area contributed by atoms with Crippen molar-refractivity contribution in [1.82, 2.24) is 9.97 Å². The van der Waals surface area contributed by atoms with Gasteiger partial charge in [0.05, 0.1) is 5.54 Å². The lowest BCUT2D eigenvalue weighted by atomic mass is 9.86. The summed E-state index contributed by atoms with van der Waals surface area (Å²) in [6, 6.07) is 2.02. The van der Waals surface area contributed by atoms with Crippen molar-refractivity contribution in [3.05, 3.63) is 12.4 Å². The smallest absolute Gasteiger partial charge is 0.133 e. The minimum absolute atomic E-state index is 0.000773. The van der Waals surface area contributed by atoms with E-state index in [4.69, 9.17) is 5.73 Å². The number of anilines is 1. The molecule has 4 nitrogen and oxygen atoms in total. The van der Waals surface area contributed by atoms with Gasteiger partial charge in [-0.2, -0.15) is 0 Å². The van der Waals surface area contributed by atoms with Gasteiger partial charge in [0.2, 0.25) is 0 Å². The largest absolute Gasteiger partial charge is 0.353 e. The highest BCUT2D eigenvalue weighted by atomic mass is 32.2. The Bertz CT molecular complexity index is 363. The summed E-state index contributed by atoms with van der Waals surface area (Å²) in [5, 5.41) is 1.01. The van der Waals surface area contributed by atoms with E-state index in [9.17, 15) is 0 Å². The minimum atomic E-state index is -0.000773. The Balaban J connectivity index is 2.00. The Kier molecular flexibility index (Phi) is 3.35. The monoisotopic (exact) mass is 238 g/mol. The summed E-state index contributed by atoms with van der Waals surface area (Å²) in [5.74, 6) is 0.997. The second-order valence-electron chi connectivity index (χ2n) is 4.39. The van der Waals surface area contributed by atoms with Crippen LogP contribution in [0.5, 0.6) is 0 Å². The fourth-order valence-electron chi connectivity index (χ4n) is 2.15. The molecule has 0 aromatic carbocycles. The first-order valence-electron chi connectivity index (χ1n) is 5.57. The van der Waals surface area contributed by atoms with E-state index in [-0.39, 0.29) is 5.54 Å². The lowest BCUT2D eigenvalue weighted by molar-refractivity contribution is 0.305. The van der Waals surface area contributed by atoms with Crippen LogP contribution in [0, 0.1) is 0 Å². The summed E-state index contributed by atoms with van der Waals surface area (Å²) in [4.78, 5) is 10.7. The molecule has 0 bridgehead atoms. The SMILES string of the molecule is CCCC1(N)CN(c2cc(SC)ncn2)C1. The summed E-state index contributed by atoms with van der Waals surface area (Å²) < 4.78 is 0. The summed E-state index contributed by atoms with van der Waals surface area (Å²) >= 11 is 1.64. The first kappa shape index (κ1) is 11.7. The van der Waals surface area contributed by atoms with E-state index in [1.54, 1.807) is 18.1 Å². The Morgan fingerprint density at radius 1 is 1.50 bits per heavy atom. The molecule has 1 aliphatic heterocycles. The quantitative estimate of drug-likeness (QED) is 0.636. The zero-order chi connectivity index (χ0) is 11.6. The van der Waals surface area contributed by atoms with Crippen molar-refractivity contribution < 1.29 is 0 Å². The molecule has 0 unspecified atom stereocenters. The first-order chi connectivity index (χ1) is 7.67. The molecule has 2 heterocycles. The van der Waals surface area contributed by atoms with E-state index in [1.807, 2.05) is 12.3 Å². The molecule has 0 atom stereocenters. The molecule has 1 saturated heterocycles. The van der Waals surface area contributed by atoms with Gasteiger partial charge in [-0.3, -0.25) is 0 Å². The van der Waals surface area contributed by atoms with Gasteiger partial charge in [-0.1, -0.05) is 13.3 Å². The molecule has 88 valence electrons. The third-order valence-electron chi connectivity index (χ3n) is 2.92. The molecule has 1 aliphatic rings. The van der Waals surface area contributed by atoms with Gasteiger partial charge in [-0.15, -0.1) is 11.8 Å². The third-order valence-corrected chi connectivity index (χ3v) is 3.56. The van der Waals surface area contributed by atoms with Gasteiger partial charge in [0.15, 0.2) is 0 Å². The van der Waals surface area contributed by atoms with Crippen LogP contribution in [0.15, 0.2) is 17.4 Å². The van der Waals surface area contributed by atoms with E-state index in [0.29, 0.717) is 0 Å². The van der Waals surface area contributed by atoms with Crippen molar-refractivity contribution >= 4 is 17.6 Å². The van der Waals surface area contributed by atoms with Crippen molar-refractivity contribution in [3.63, 3.8) is 0 Å². The van der Waals surface area contributed by atoms with Crippen molar-refractivity contribution in [2.24, 2.45) is 5.73 Å². The van der Waals surface area contributed by atoms with Crippen LogP contribution in [0.4, 0.5) is 5.82 Å². The molecule has 1 aromatic rings. The normalized spacial score (nSPS) is 18.3. The summed E-state index contributed by atoms with van der Waals surface area (Å²) in [7, 11) is 0. The van der Waals surface area contributed by atoms with Crippen LogP contribution in [-0.2, 0) is 0 Å². The molecule has 5 heteroatoms. The second kappa shape index (κ2) is 4.59. The molecule has 0 amide bonds. The highest BCUT2D eigenvalue weighted by molar-refractivity contribution is 7.98. The molecule has 2 N–H and O–H groups in total. The van der Waals surface area contributed by atoms with Crippen LogP contribution in [0.2, 0.25) is 0 Å². The summed E-state index contributed by atoms with van der Waals surface area (Å²) in [6.07, 6.45) is 5.87. The molecule has 0 radical (unpaired) electrons. The van der Waals surface area contributed by atoms with Gasteiger partial charge in [0.1, 0.15) is 17.2 Å². The van der Waals surface area contributed by atoms with Crippen LogP contribution in [0.25, 0.3) is 0 Å². The van der Waals surface area contributed by atoms with Crippen LogP contribution in [0.1, 0.15) is 19.8 Å². The van der Waals surface area contributed by atoms with E-state index in [0.717, 1.165) is 36.8 Å². The Labute approximate surface area is 101 Å². The average molecular weight is 238 g/mol. The third kappa shape index (κ3) is 2.30. The number of nitrogens with two attached hydrogens (primary N) is 1. The number of nitrogens with zero attached hydrogens (tertiary/aromatic N) is 3. The number of hydrogen-bond donors (Lipinski definition) is 1. The molecule has 1 fully saturated rings. The lowest BCUT2D eigenvalue weighted by Crippen LogP contribution is -2.67. The Morgan fingerprint density at radius 3 is 2.88 bits per heavy atom. The van der Waals surface area contributed by atoms with E-state index < -0.39 is 0 Å². The average Bonchev–Trinajstić information content (AvgIpc) is 2.26. The van der Waals surface area contributed by atoms with Crippen LogP contribution in [0.3, 0.4) is 0 Å². The molecule has 16 heavy (non-hydrogen) atoms. The molecule has 0 aliphatic carbocycles.